The number of amides is 1. The van der Waals surface area contributed by atoms with Crippen LogP contribution in [0.5, 0.6) is 5.88 Å². The Bertz CT molecular complexity index is 772. The molecule has 1 aromatic heterocycles. The topological polar surface area (TPSA) is 75.1 Å². The summed E-state index contributed by atoms with van der Waals surface area (Å²) in [7, 11) is 0. The minimum Gasteiger partial charge on any atom is -0.492 e. The van der Waals surface area contributed by atoms with E-state index in [2.05, 4.69) is 15.3 Å². The fraction of sp³-hybridized carbons (Fsp3) is 0. The number of anilines is 1. The quantitative estimate of drug-likeness (QED) is 0.746. The maximum absolute atomic E-state index is 12.1. The predicted octanol–water partition coefficient (Wildman–Crippen LogP) is 2.59. The van der Waals surface area contributed by atoms with Gasteiger partial charge in [-0.1, -0.05) is 30.3 Å². The van der Waals surface area contributed by atoms with Crippen LogP contribution in [0.3, 0.4) is 0 Å². The molecule has 0 fully saturated rings. The van der Waals surface area contributed by atoms with Gasteiger partial charge in [-0.2, -0.15) is 0 Å². The third kappa shape index (κ3) is 2.29. The fourth-order valence-corrected chi connectivity index (χ4v) is 1.85. The third-order valence-electron chi connectivity index (χ3n) is 2.80. The number of carbonyl (C=O) groups excluding carboxylic acids is 1. The summed E-state index contributed by atoms with van der Waals surface area (Å²) in [4.78, 5) is 20.2. The van der Waals surface area contributed by atoms with Crippen molar-refractivity contribution in [2.24, 2.45) is 0 Å². The van der Waals surface area contributed by atoms with E-state index in [1.807, 2.05) is 18.2 Å². The van der Waals surface area contributed by atoms with E-state index < -0.39 is 5.91 Å². The molecule has 1 amide bonds. The number of aromatic nitrogens is 2. The number of carbonyl (C=O) groups is 1. The van der Waals surface area contributed by atoms with E-state index in [1.165, 1.54) is 0 Å². The molecule has 0 bridgehead atoms. The van der Waals surface area contributed by atoms with Crippen LogP contribution in [-0.4, -0.2) is 21.0 Å². The average molecular weight is 265 g/mol. The Morgan fingerprint density at radius 3 is 2.20 bits per heavy atom. The zero-order chi connectivity index (χ0) is 13.9. The summed E-state index contributed by atoms with van der Waals surface area (Å²) < 4.78 is 0. The molecular weight excluding hydrogens is 254 g/mol. The molecular formula is C15H11N3O2. The summed E-state index contributed by atoms with van der Waals surface area (Å²) in [5.41, 5.74) is 1.64. The van der Waals surface area contributed by atoms with Gasteiger partial charge in [0.25, 0.3) is 5.91 Å². The molecule has 0 radical (unpaired) electrons. The van der Waals surface area contributed by atoms with Gasteiger partial charge in [0, 0.05) is 5.69 Å². The van der Waals surface area contributed by atoms with Crippen LogP contribution in [-0.2, 0) is 0 Å². The Morgan fingerprint density at radius 2 is 1.50 bits per heavy atom. The number of hydrogen-bond donors (Lipinski definition) is 2. The molecule has 0 aliphatic carbocycles. The minimum absolute atomic E-state index is 0.0902. The second-order valence-corrected chi connectivity index (χ2v) is 4.20. The first-order valence-electron chi connectivity index (χ1n) is 6.06. The summed E-state index contributed by atoms with van der Waals surface area (Å²) in [5, 5.41) is 12.5. The van der Waals surface area contributed by atoms with Crippen molar-refractivity contribution in [1.29, 1.82) is 0 Å². The van der Waals surface area contributed by atoms with Crippen LogP contribution in [0.15, 0.2) is 54.6 Å². The van der Waals surface area contributed by atoms with Gasteiger partial charge in [-0.25, -0.2) is 9.97 Å². The number of nitrogens with one attached hydrogen (secondary N) is 1. The molecule has 98 valence electrons. The lowest BCUT2D eigenvalue weighted by Crippen LogP contribution is -2.14. The van der Waals surface area contributed by atoms with Gasteiger partial charge in [-0.15, -0.1) is 0 Å². The average Bonchev–Trinajstić information content (AvgIpc) is 2.47. The number of rotatable bonds is 2. The largest absolute Gasteiger partial charge is 0.492 e. The highest BCUT2D eigenvalue weighted by atomic mass is 16.3. The van der Waals surface area contributed by atoms with E-state index in [0.29, 0.717) is 16.7 Å². The Hall–Kier alpha value is -2.95. The molecule has 2 N–H and O–H groups in total. The Morgan fingerprint density at radius 1 is 0.900 bits per heavy atom. The Balaban J connectivity index is 1.97. The van der Waals surface area contributed by atoms with Gasteiger partial charge in [-0.05, 0) is 24.3 Å². The number of para-hydroxylation sites is 3. The number of aromatic hydroxyl groups is 1. The molecule has 3 aromatic rings. The summed E-state index contributed by atoms with van der Waals surface area (Å²) in [5.74, 6) is -0.871. The predicted molar refractivity (Wildman–Crippen MR) is 75.6 cm³/mol. The van der Waals surface area contributed by atoms with Crippen molar-refractivity contribution in [3.63, 3.8) is 0 Å². The number of benzene rings is 2. The van der Waals surface area contributed by atoms with Gasteiger partial charge in [0.15, 0.2) is 5.69 Å². The number of nitrogens with zero attached hydrogens (tertiary/aromatic N) is 2. The molecule has 0 saturated heterocycles. The number of hydrogen-bond acceptors (Lipinski definition) is 4. The lowest BCUT2D eigenvalue weighted by atomic mass is 10.2. The molecule has 5 heteroatoms. The van der Waals surface area contributed by atoms with Crippen LogP contribution in [0, 0.1) is 0 Å². The lowest BCUT2D eigenvalue weighted by Gasteiger charge is -2.06. The zero-order valence-electron chi connectivity index (χ0n) is 10.4. The van der Waals surface area contributed by atoms with E-state index in [-0.39, 0.29) is 11.6 Å². The van der Waals surface area contributed by atoms with Gasteiger partial charge in [0.2, 0.25) is 5.88 Å². The van der Waals surface area contributed by atoms with Crippen molar-refractivity contribution in [3.05, 3.63) is 60.3 Å². The molecule has 20 heavy (non-hydrogen) atoms. The summed E-state index contributed by atoms with van der Waals surface area (Å²) in [6, 6.07) is 16.0. The van der Waals surface area contributed by atoms with E-state index in [4.69, 9.17) is 0 Å². The van der Waals surface area contributed by atoms with Crippen LogP contribution in [0.4, 0.5) is 5.69 Å². The smallest absolute Gasteiger partial charge is 0.279 e. The molecule has 3 rings (SSSR count). The van der Waals surface area contributed by atoms with E-state index in [1.54, 1.807) is 36.4 Å². The maximum atomic E-state index is 12.1. The molecule has 0 aliphatic heterocycles. The summed E-state index contributed by atoms with van der Waals surface area (Å²) in [6.45, 7) is 0. The lowest BCUT2D eigenvalue weighted by molar-refractivity contribution is 0.101. The number of fused-ring (bicyclic) bond motifs is 1. The first-order chi connectivity index (χ1) is 9.74. The van der Waals surface area contributed by atoms with Crippen LogP contribution in [0.25, 0.3) is 11.0 Å². The monoisotopic (exact) mass is 265 g/mol. The summed E-state index contributed by atoms with van der Waals surface area (Å²) >= 11 is 0. The van der Waals surface area contributed by atoms with Gasteiger partial charge < -0.3 is 10.4 Å². The van der Waals surface area contributed by atoms with Gasteiger partial charge in [0.1, 0.15) is 0 Å². The van der Waals surface area contributed by atoms with Crippen molar-refractivity contribution >= 4 is 22.6 Å². The van der Waals surface area contributed by atoms with Crippen LogP contribution in [0.1, 0.15) is 10.5 Å². The van der Waals surface area contributed by atoms with E-state index in [0.717, 1.165) is 0 Å². The summed E-state index contributed by atoms with van der Waals surface area (Å²) in [6.07, 6.45) is 0. The van der Waals surface area contributed by atoms with Gasteiger partial charge >= 0.3 is 0 Å². The first kappa shape index (κ1) is 12.1. The van der Waals surface area contributed by atoms with Crippen molar-refractivity contribution in [2.45, 2.75) is 0 Å². The SMILES string of the molecule is O=C(Nc1ccccc1)c1nc2ccccc2nc1O. The van der Waals surface area contributed by atoms with E-state index in [9.17, 15) is 9.90 Å². The second-order valence-electron chi connectivity index (χ2n) is 4.20. The minimum atomic E-state index is -0.494. The highest BCUT2D eigenvalue weighted by Crippen LogP contribution is 2.18. The van der Waals surface area contributed by atoms with Crippen LogP contribution >= 0.6 is 0 Å². The van der Waals surface area contributed by atoms with Crippen molar-refractivity contribution in [1.82, 2.24) is 9.97 Å². The van der Waals surface area contributed by atoms with Crippen LogP contribution in [0.2, 0.25) is 0 Å². The Kier molecular flexibility index (Phi) is 3.01. The molecule has 0 atom stereocenters. The molecule has 1 heterocycles. The zero-order valence-corrected chi connectivity index (χ0v) is 10.4. The molecule has 0 unspecified atom stereocenters. The highest BCUT2D eigenvalue weighted by molar-refractivity contribution is 6.05. The first-order valence-corrected chi connectivity index (χ1v) is 6.06. The molecule has 5 nitrogen and oxygen atoms in total. The standard InChI is InChI=1S/C15H11N3O2/c19-14(16-10-6-2-1-3-7-10)13-15(20)18-12-9-5-4-8-11(12)17-13/h1-9H,(H,16,19)(H,18,20). The molecule has 0 spiro atoms. The molecule has 2 aromatic carbocycles. The second kappa shape index (κ2) is 4.97. The van der Waals surface area contributed by atoms with E-state index >= 15 is 0 Å². The normalized spacial score (nSPS) is 10.4. The van der Waals surface area contributed by atoms with Crippen molar-refractivity contribution in [2.75, 3.05) is 5.32 Å². The van der Waals surface area contributed by atoms with Crippen molar-refractivity contribution < 1.29 is 9.90 Å². The van der Waals surface area contributed by atoms with Gasteiger partial charge in [0.05, 0.1) is 11.0 Å². The fourth-order valence-electron chi connectivity index (χ4n) is 1.85. The molecule has 0 aliphatic rings. The van der Waals surface area contributed by atoms with Crippen molar-refractivity contribution in [3.8, 4) is 5.88 Å². The van der Waals surface area contributed by atoms with Gasteiger partial charge in [-0.3, -0.25) is 4.79 Å². The third-order valence-corrected chi connectivity index (χ3v) is 2.80. The van der Waals surface area contributed by atoms with Crippen LogP contribution < -0.4 is 5.32 Å². The Labute approximate surface area is 114 Å². The maximum Gasteiger partial charge on any atom is 0.279 e. The molecule has 0 saturated carbocycles. The highest BCUT2D eigenvalue weighted by Gasteiger charge is 2.15.